The zero-order valence-electron chi connectivity index (χ0n) is 13.0. The summed E-state index contributed by atoms with van der Waals surface area (Å²) in [7, 11) is 0. The van der Waals surface area contributed by atoms with E-state index in [0.29, 0.717) is 11.6 Å². The molecule has 6 heteroatoms. The van der Waals surface area contributed by atoms with Crippen molar-refractivity contribution in [2.45, 2.75) is 32.7 Å². The molecule has 1 aliphatic rings. The van der Waals surface area contributed by atoms with Crippen LogP contribution in [0.5, 0.6) is 0 Å². The molecular formula is C16H22ClN3O2. The van der Waals surface area contributed by atoms with Crippen LogP contribution >= 0.6 is 11.6 Å². The molecule has 0 aliphatic carbocycles. The molecule has 1 aliphatic heterocycles. The largest absolute Gasteiger partial charge is 0.375 e. The molecule has 2 rings (SSSR count). The number of nitrogens with one attached hydrogen (secondary N) is 2. The zero-order valence-corrected chi connectivity index (χ0v) is 13.7. The third kappa shape index (κ3) is 4.37. The van der Waals surface area contributed by atoms with Crippen molar-refractivity contribution in [1.29, 1.82) is 0 Å². The van der Waals surface area contributed by atoms with Gasteiger partial charge in [-0.25, -0.2) is 0 Å². The van der Waals surface area contributed by atoms with Crippen LogP contribution < -0.4 is 10.6 Å². The highest BCUT2D eigenvalue weighted by molar-refractivity contribution is 6.34. The minimum absolute atomic E-state index is 0.0209. The lowest BCUT2D eigenvalue weighted by Crippen LogP contribution is -2.50. The average Bonchev–Trinajstić information content (AvgIpc) is 2.48. The molecule has 0 unspecified atom stereocenters. The van der Waals surface area contributed by atoms with Crippen LogP contribution in [0.25, 0.3) is 0 Å². The van der Waals surface area contributed by atoms with Gasteiger partial charge in [0, 0.05) is 26.1 Å². The number of aryl methyl sites for hydroxylation is 1. The molecule has 2 N–H and O–H groups in total. The topological polar surface area (TPSA) is 61.4 Å². The number of hydrogen-bond acceptors (Lipinski definition) is 3. The molecule has 0 spiro atoms. The number of halogens is 1. The maximum atomic E-state index is 12.3. The Balaban J connectivity index is 1.89. The summed E-state index contributed by atoms with van der Waals surface area (Å²) < 4.78 is 0. The SMILES string of the molecule is CC(=O)N[C@@H]1CCCN(C(=O)CNc2cccc(C)c2Cl)C1. The molecule has 1 heterocycles. The summed E-state index contributed by atoms with van der Waals surface area (Å²) in [6, 6.07) is 5.75. The van der Waals surface area contributed by atoms with Crippen LogP contribution in [-0.4, -0.2) is 42.4 Å². The van der Waals surface area contributed by atoms with Gasteiger partial charge < -0.3 is 15.5 Å². The molecule has 1 fully saturated rings. The first-order valence-electron chi connectivity index (χ1n) is 7.51. The van der Waals surface area contributed by atoms with Gasteiger partial charge in [-0.05, 0) is 31.4 Å². The van der Waals surface area contributed by atoms with Crippen LogP contribution in [0.4, 0.5) is 5.69 Å². The lowest BCUT2D eigenvalue weighted by atomic mass is 10.1. The average molecular weight is 324 g/mol. The van der Waals surface area contributed by atoms with E-state index in [1.807, 2.05) is 25.1 Å². The van der Waals surface area contributed by atoms with E-state index in [1.165, 1.54) is 6.92 Å². The minimum atomic E-state index is -0.0519. The van der Waals surface area contributed by atoms with Crippen LogP contribution in [0.3, 0.4) is 0 Å². The van der Waals surface area contributed by atoms with Gasteiger partial charge in [0.25, 0.3) is 0 Å². The first-order chi connectivity index (χ1) is 10.5. The molecule has 0 saturated carbocycles. The van der Waals surface area contributed by atoms with Crippen LogP contribution in [0, 0.1) is 6.92 Å². The molecule has 0 radical (unpaired) electrons. The summed E-state index contributed by atoms with van der Waals surface area (Å²) in [5.41, 5.74) is 1.74. The summed E-state index contributed by atoms with van der Waals surface area (Å²) >= 11 is 6.21. The van der Waals surface area contributed by atoms with E-state index < -0.39 is 0 Å². The Bertz CT molecular complexity index is 562. The van der Waals surface area contributed by atoms with Gasteiger partial charge in [0.2, 0.25) is 11.8 Å². The molecule has 22 heavy (non-hydrogen) atoms. The van der Waals surface area contributed by atoms with E-state index in [0.717, 1.165) is 30.6 Å². The van der Waals surface area contributed by atoms with Crippen LogP contribution in [0.15, 0.2) is 18.2 Å². The molecular weight excluding hydrogens is 302 g/mol. The zero-order chi connectivity index (χ0) is 16.1. The predicted octanol–water partition coefficient (Wildman–Crippen LogP) is 2.19. The molecule has 1 aromatic carbocycles. The summed E-state index contributed by atoms with van der Waals surface area (Å²) in [6.07, 6.45) is 1.82. The second kappa shape index (κ2) is 7.49. The number of amides is 2. The van der Waals surface area contributed by atoms with Crippen molar-refractivity contribution < 1.29 is 9.59 Å². The van der Waals surface area contributed by atoms with Gasteiger partial charge in [0.1, 0.15) is 0 Å². The van der Waals surface area contributed by atoms with Crippen molar-refractivity contribution >= 4 is 29.1 Å². The number of piperidine rings is 1. The molecule has 120 valence electrons. The van der Waals surface area contributed by atoms with Gasteiger partial charge in [-0.3, -0.25) is 9.59 Å². The van der Waals surface area contributed by atoms with Crippen molar-refractivity contribution in [3.8, 4) is 0 Å². The lowest BCUT2D eigenvalue weighted by molar-refractivity contribution is -0.131. The second-order valence-corrected chi connectivity index (χ2v) is 6.05. The molecule has 1 saturated heterocycles. The lowest BCUT2D eigenvalue weighted by Gasteiger charge is -2.33. The number of likely N-dealkylation sites (tertiary alicyclic amines) is 1. The Morgan fingerprint density at radius 1 is 1.41 bits per heavy atom. The number of benzene rings is 1. The first kappa shape index (κ1) is 16.6. The molecule has 2 amide bonds. The first-order valence-corrected chi connectivity index (χ1v) is 7.89. The van der Waals surface area contributed by atoms with Crippen molar-refractivity contribution in [1.82, 2.24) is 10.2 Å². The van der Waals surface area contributed by atoms with E-state index >= 15 is 0 Å². The summed E-state index contributed by atoms with van der Waals surface area (Å²) in [5, 5.41) is 6.62. The van der Waals surface area contributed by atoms with E-state index in [-0.39, 0.29) is 24.4 Å². The van der Waals surface area contributed by atoms with Crippen LogP contribution in [-0.2, 0) is 9.59 Å². The molecule has 0 bridgehead atoms. The summed E-state index contributed by atoms with van der Waals surface area (Å²) in [6.45, 7) is 4.94. The number of carbonyl (C=O) groups is 2. The van der Waals surface area contributed by atoms with Gasteiger partial charge in [-0.1, -0.05) is 23.7 Å². The summed E-state index contributed by atoms with van der Waals surface area (Å²) in [4.78, 5) is 25.2. The Hall–Kier alpha value is -1.75. The fourth-order valence-corrected chi connectivity index (χ4v) is 2.87. The maximum Gasteiger partial charge on any atom is 0.241 e. The highest BCUT2D eigenvalue weighted by atomic mass is 35.5. The van der Waals surface area contributed by atoms with Gasteiger partial charge in [0.15, 0.2) is 0 Å². The van der Waals surface area contributed by atoms with E-state index in [4.69, 9.17) is 11.6 Å². The number of nitrogens with zero attached hydrogens (tertiary/aromatic N) is 1. The fourth-order valence-electron chi connectivity index (χ4n) is 2.68. The smallest absolute Gasteiger partial charge is 0.241 e. The van der Waals surface area contributed by atoms with Crippen molar-refractivity contribution in [3.63, 3.8) is 0 Å². The van der Waals surface area contributed by atoms with E-state index in [1.54, 1.807) is 4.90 Å². The monoisotopic (exact) mass is 323 g/mol. The third-order valence-corrected chi connectivity index (χ3v) is 4.31. The normalized spacial score (nSPS) is 18.0. The van der Waals surface area contributed by atoms with E-state index in [2.05, 4.69) is 10.6 Å². The van der Waals surface area contributed by atoms with Gasteiger partial charge in [-0.15, -0.1) is 0 Å². The second-order valence-electron chi connectivity index (χ2n) is 5.67. The van der Waals surface area contributed by atoms with Crippen molar-refractivity contribution in [2.24, 2.45) is 0 Å². The standard InChI is InChI=1S/C16H22ClN3O2/c1-11-5-3-7-14(16(11)17)18-9-15(22)20-8-4-6-13(10-20)19-12(2)21/h3,5,7,13,18H,4,6,8-10H2,1-2H3,(H,19,21)/t13-/m1/s1. The summed E-state index contributed by atoms with van der Waals surface area (Å²) in [5.74, 6) is -0.0309. The number of carbonyl (C=O) groups excluding carboxylic acids is 2. The van der Waals surface area contributed by atoms with E-state index in [9.17, 15) is 9.59 Å². The molecule has 1 atom stereocenters. The molecule has 1 aromatic rings. The van der Waals surface area contributed by atoms with Crippen molar-refractivity contribution in [2.75, 3.05) is 25.0 Å². The van der Waals surface area contributed by atoms with Crippen LogP contribution in [0.2, 0.25) is 5.02 Å². The maximum absolute atomic E-state index is 12.3. The fraction of sp³-hybridized carbons (Fsp3) is 0.500. The quantitative estimate of drug-likeness (QED) is 0.893. The van der Waals surface area contributed by atoms with Crippen LogP contribution in [0.1, 0.15) is 25.3 Å². The number of anilines is 1. The Morgan fingerprint density at radius 3 is 2.91 bits per heavy atom. The predicted molar refractivity (Wildman–Crippen MR) is 88.1 cm³/mol. The molecule has 0 aromatic heterocycles. The Labute approximate surface area is 136 Å². The van der Waals surface area contributed by atoms with Gasteiger partial charge in [-0.2, -0.15) is 0 Å². The molecule has 5 nitrogen and oxygen atoms in total. The number of hydrogen-bond donors (Lipinski definition) is 2. The highest BCUT2D eigenvalue weighted by Gasteiger charge is 2.23. The van der Waals surface area contributed by atoms with Gasteiger partial charge >= 0.3 is 0 Å². The Kier molecular flexibility index (Phi) is 5.66. The Morgan fingerprint density at radius 2 is 2.18 bits per heavy atom. The van der Waals surface area contributed by atoms with Crippen molar-refractivity contribution in [3.05, 3.63) is 28.8 Å². The number of rotatable bonds is 4. The minimum Gasteiger partial charge on any atom is -0.375 e. The third-order valence-electron chi connectivity index (χ3n) is 3.80. The van der Waals surface area contributed by atoms with Gasteiger partial charge in [0.05, 0.1) is 17.3 Å². The highest BCUT2D eigenvalue weighted by Crippen LogP contribution is 2.24.